The van der Waals surface area contributed by atoms with Gasteiger partial charge in [0.1, 0.15) is 12.1 Å². The first kappa shape index (κ1) is 13.2. The predicted octanol–water partition coefficient (Wildman–Crippen LogP) is 2.36. The maximum absolute atomic E-state index is 14.0. The van der Waals surface area contributed by atoms with E-state index in [0.717, 1.165) is 25.3 Å². The van der Waals surface area contributed by atoms with Gasteiger partial charge in [-0.3, -0.25) is 0 Å². The van der Waals surface area contributed by atoms with Crippen LogP contribution in [0, 0.1) is 5.82 Å². The molecule has 6 rings (SSSR count). The van der Waals surface area contributed by atoms with Crippen LogP contribution in [-0.4, -0.2) is 40.1 Å². The standard InChI is InChI=1S/C17H18FN5/c18-14-2-1-5-19-17(14)23-12-6-13(23)9-22(8-12)16-7-15(11-3-4-11)20-10-21-16/h1-2,5,7,10-13H,3-4,6,8-9H2. The quantitative estimate of drug-likeness (QED) is 0.871. The van der Waals surface area contributed by atoms with E-state index in [1.54, 1.807) is 18.6 Å². The molecule has 0 N–H and O–H groups in total. The summed E-state index contributed by atoms with van der Waals surface area (Å²) in [4.78, 5) is 17.5. The Balaban J connectivity index is 1.36. The summed E-state index contributed by atoms with van der Waals surface area (Å²) in [5.41, 5.74) is 1.17. The van der Waals surface area contributed by atoms with Crippen molar-refractivity contribution in [1.29, 1.82) is 0 Å². The van der Waals surface area contributed by atoms with Crippen LogP contribution in [0.25, 0.3) is 0 Å². The summed E-state index contributed by atoms with van der Waals surface area (Å²) in [5.74, 6) is 1.91. The van der Waals surface area contributed by atoms with Crippen molar-refractivity contribution in [2.45, 2.75) is 37.3 Å². The lowest BCUT2D eigenvalue weighted by atomic mass is 9.87. The van der Waals surface area contributed by atoms with E-state index in [0.29, 0.717) is 23.8 Å². The fraction of sp³-hybridized carbons (Fsp3) is 0.471. The Morgan fingerprint density at radius 1 is 1.09 bits per heavy atom. The van der Waals surface area contributed by atoms with Crippen LogP contribution in [0.4, 0.5) is 16.0 Å². The lowest BCUT2D eigenvalue weighted by Crippen LogP contribution is -2.69. The molecule has 4 fully saturated rings. The Kier molecular flexibility index (Phi) is 2.80. The third kappa shape index (κ3) is 2.16. The largest absolute Gasteiger partial charge is 0.352 e. The molecular formula is C17H18FN5. The van der Waals surface area contributed by atoms with E-state index in [1.807, 2.05) is 0 Å². The van der Waals surface area contributed by atoms with Gasteiger partial charge in [-0.15, -0.1) is 0 Å². The number of rotatable bonds is 3. The van der Waals surface area contributed by atoms with Gasteiger partial charge in [-0.05, 0) is 31.4 Å². The Hall–Kier alpha value is -2.24. The van der Waals surface area contributed by atoms with Crippen molar-refractivity contribution >= 4 is 11.6 Å². The zero-order chi connectivity index (χ0) is 15.4. The van der Waals surface area contributed by atoms with Crippen LogP contribution >= 0.6 is 0 Å². The van der Waals surface area contributed by atoms with Crippen LogP contribution in [0.2, 0.25) is 0 Å². The second-order valence-corrected chi connectivity index (χ2v) is 6.74. The first-order valence-corrected chi connectivity index (χ1v) is 8.25. The number of piperazine rings is 1. The number of anilines is 2. The molecule has 2 bridgehead atoms. The van der Waals surface area contributed by atoms with Crippen molar-refractivity contribution in [3.63, 3.8) is 0 Å². The van der Waals surface area contributed by atoms with Crippen molar-refractivity contribution in [2.24, 2.45) is 0 Å². The minimum atomic E-state index is -0.228. The summed E-state index contributed by atoms with van der Waals surface area (Å²) in [5, 5.41) is 0. The number of nitrogens with zero attached hydrogens (tertiary/aromatic N) is 5. The van der Waals surface area contributed by atoms with Crippen LogP contribution in [0.5, 0.6) is 0 Å². The molecule has 118 valence electrons. The van der Waals surface area contributed by atoms with E-state index < -0.39 is 0 Å². The van der Waals surface area contributed by atoms with Gasteiger partial charge in [0.2, 0.25) is 0 Å². The second kappa shape index (κ2) is 4.88. The summed E-state index contributed by atoms with van der Waals surface area (Å²) in [6.07, 6.45) is 6.94. The first-order valence-electron chi connectivity index (χ1n) is 8.25. The van der Waals surface area contributed by atoms with E-state index in [9.17, 15) is 4.39 Å². The number of hydrogen-bond acceptors (Lipinski definition) is 5. The van der Waals surface area contributed by atoms with Gasteiger partial charge in [0.15, 0.2) is 11.6 Å². The van der Waals surface area contributed by atoms with Gasteiger partial charge in [0.25, 0.3) is 0 Å². The molecule has 2 aromatic rings. The Bertz CT molecular complexity index is 735. The summed E-state index contributed by atoms with van der Waals surface area (Å²) < 4.78 is 14.0. The summed E-state index contributed by atoms with van der Waals surface area (Å²) in [7, 11) is 0. The third-order valence-corrected chi connectivity index (χ3v) is 5.17. The fourth-order valence-corrected chi connectivity index (χ4v) is 3.85. The monoisotopic (exact) mass is 311 g/mol. The number of pyridine rings is 1. The van der Waals surface area contributed by atoms with E-state index in [-0.39, 0.29) is 5.82 Å². The molecule has 5 heterocycles. The molecule has 1 aliphatic carbocycles. The van der Waals surface area contributed by atoms with Gasteiger partial charge >= 0.3 is 0 Å². The minimum Gasteiger partial charge on any atom is -0.352 e. The average Bonchev–Trinajstić information content (AvgIpc) is 3.42. The Morgan fingerprint density at radius 2 is 1.91 bits per heavy atom. The van der Waals surface area contributed by atoms with Crippen LogP contribution < -0.4 is 9.80 Å². The van der Waals surface area contributed by atoms with E-state index in [4.69, 9.17) is 0 Å². The molecule has 0 radical (unpaired) electrons. The van der Waals surface area contributed by atoms with Crippen LogP contribution in [0.15, 0.2) is 30.7 Å². The first-order chi connectivity index (χ1) is 11.3. The van der Waals surface area contributed by atoms with Crippen LogP contribution in [-0.2, 0) is 0 Å². The predicted molar refractivity (Wildman–Crippen MR) is 85.1 cm³/mol. The van der Waals surface area contributed by atoms with Crippen molar-refractivity contribution in [3.8, 4) is 0 Å². The number of hydrogen-bond donors (Lipinski definition) is 0. The molecule has 0 spiro atoms. The third-order valence-electron chi connectivity index (χ3n) is 5.17. The lowest BCUT2D eigenvalue weighted by molar-refractivity contribution is 0.284. The molecule has 2 atom stereocenters. The smallest absolute Gasteiger partial charge is 0.165 e. The average molecular weight is 311 g/mol. The van der Waals surface area contributed by atoms with Crippen molar-refractivity contribution in [2.75, 3.05) is 22.9 Å². The maximum Gasteiger partial charge on any atom is 0.165 e. The minimum absolute atomic E-state index is 0.228. The molecule has 0 aromatic carbocycles. The van der Waals surface area contributed by atoms with Gasteiger partial charge in [0.05, 0.1) is 12.1 Å². The highest BCUT2D eigenvalue weighted by Crippen LogP contribution is 2.41. The summed E-state index contributed by atoms with van der Waals surface area (Å²) >= 11 is 0. The molecule has 3 aliphatic heterocycles. The van der Waals surface area contributed by atoms with Crippen molar-refractivity contribution in [1.82, 2.24) is 15.0 Å². The molecule has 5 nitrogen and oxygen atoms in total. The molecule has 2 aromatic heterocycles. The summed E-state index contributed by atoms with van der Waals surface area (Å²) in [6, 6.07) is 5.89. The molecule has 0 amide bonds. The van der Waals surface area contributed by atoms with Crippen LogP contribution in [0.1, 0.15) is 30.9 Å². The highest BCUT2D eigenvalue weighted by atomic mass is 19.1. The Labute approximate surface area is 134 Å². The highest BCUT2D eigenvalue weighted by Gasteiger charge is 2.46. The number of halogens is 1. The van der Waals surface area contributed by atoms with Gasteiger partial charge in [-0.1, -0.05) is 0 Å². The summed E-state index contributed by atoms with van der Waals surface area (Å²) in [6.45, 7) is 1.74. The second-order valence-electron chi connectivity index (χ2n) is 6.74. The molecule has 4 aliphatic rings. The highest BCUT2D eigenvalue weighted by molar-refractivity contribution is 5.52. The zero-order valence-corrected chi connectivity index (χ0v) is 12.8. The molecule has 6 heteroatoms. The number of piperidine rings is 1. The number of aromatic nitrogens is 3. The van der Waals surface area contributed by atoms with Gasteiger partial charge in [-0.25, -0.2) is 19.3 Å². The molecule has 2 unspecified atom stereocenters. The van der Waals surface area contributed by atoms with Gasteiger partial charge < -0.3 is 9.80 Å². The lowest BCUT2D eigenvalue weighted by Gasteiger charge is -2.57. The molecule has 3 saturated heterocycles. The van der Waals surface area contributed by atoms with Gasteiger partial charge in [0, 0.05) is 37.0 Å². The van der Waals surface area contributed by atoms with Crippen LogP contribution in [0.3, 0.4) is 0 Å². The topological polar surface area (TPSA) is 45.2 Å². The SMILES string of the molecule is Fc1cccnc1N1C2CC1CN(c1cc(C3CC3)ncn1)C2. The maximum atomic E-state index is 14.0. The van der Waals surface area contributed by atoms with E-state index >= 15 is 0 Å². The fourth-order valence-electron chi connectivity index (χ4n) is 3.85. The van der Waals surface area contributed by atoms with E-state index in [1.165, 1.54) is 24.6 Å². The molecule has 1 saturated carbocycles. The van der Waals surface area contributed by atoms with Crippen molar-refractivity contribution < 1.29 is 4.39 Å². The van der Waals surface area contributed by atoms with Gasteiger partial charge in [-0.2, -0.15) is 0 Å². The van der Waals surface area contributed by atoms with E-state index in [2.05, 4.69) is 30.8 Å². The Morgan fingerprint density at radius 3 is 2.65 bits per heavy atom. The molecule has 23 heavy (non-hydrogen) atoms. The zero-order valence-electron chi connectivity index (χ0n) is 12.8. The normalized spacial score (nSPS) is 26.1. The van der Waals surface area contributed by atoms with Crippen molar-refractivity contribution in [3.05, 3.63) is 42.2 Å². The number of fused-ring (bicyclic) bond motifs is 2. The molecular weight excluding hydrogens is 293 g/mol.